The van der Waals surface area contributed by atoms with Crippen molar-refractivity contribution in [2.45, 2.75) is 39.2 Å². The van der Waals surface area contributed by atoms with Crippen LogP contribution in [0.3, 0.4) is 0 Å². The monoisotopic (exact) mass is 283 g/mol. The molecule has 0 saturated carbocycles. The van der Waals surface area contributed by atoms with Crippen LogP contribution < -0.4 is 10.1 Å². The summed E-state index contributed by atoms with van der Waals surface area (Å²) in [6.45, 7) is 4.25. The Balaban J connectivity index is 2.77. The number of hydrogen-bond acceptors (Lipinski definition) is 4. The van der Waals surface area contributed by atoms with Crippen molar-refractivity contribution < 1.29 is 18.7 Å². The molecule has 1 atom stereocenters. The lowest BCUT2D eigenvalue weighted by Gasteiger charge is -2.17. The summed E-state index contributed by atoms with van der Waals surface area (Å²) < 4.78 is 23.6. The van der Waals surface area contributed by atoms with Crippen LogP contribution in [0.15, 0.2) is 18.2 Å². The molecule has 4 nitrogen and oxygen atoms in total. The van der Waals surface area contributed by atoms with E-state index in [1.165, 1.54) is 13.2 Å². The molecule has 0 spiro atoms. The zero-order valence-corrected chi connectivity index (χ0v) is 12.2. The molecule has 0 aliphatic carbocycles. The van der Waals surface area contributed by atoms with Crippen LogP contribution in [-0.2, 0) is 9.53 Å². The molecule has 1 aromatic rings. The SMILES string of the molecule is CCCCC(Nc1ccc(OCC)c(F)c1)C(=O)OC. The van der Waals surface area contributed by atoms with Crippen LogP contribution >= 0.6 is 0 Å². The highest BCUT2D eigenvalue weighted by Gasteiger charge is 2.18. The van der Waals surface area contributed by atoms with Crippen molar-refractivity contribution in [2.75, 3.05) is 19.0 Å². The molecular weight excluding hydrogens is 261 g/mol. The second-order valence-electron chi connectivity index (χ2n) is 4.44. The zero-order chi connectivity index (χ0) is 15.0. The quantitative estimate of drug-likeness (QED) is 0.743. The normalized spacial score (nSPS) is 11.8. The van der Waals surface area contributed by atoms with Gasteiger partial charge in [-0.15, -0.1) is 0 Å². The van der Waals surface area contributed by atoms with E-state index in [0.29, 0.717) is 18.7 Å². The third kappa shape index (κ3) is 4.72. The fourth-order valence-electron chi connectivity index (χ4n) is 1.86. The maximum atomic E-state index is 13.7. The predicted molar refractivity (Wildman–Crippen MR) is 76.5 cm³/mol. The number of carbonyl (C=O) groups excluding carboxylic acids is 1. The third-order valence-electron chi connectivity index (χ3n) is 2.90. The largest absolute Gasteiger partial charge is 0.491 e. The van der Waals surface area contributed by atoms with Gasteiger partial charge in [0, 0.05) is 11.8 Å². The number of methoxy groups -OCH3 is 1. The fourth-order valence-corrected chi connectivity index (χ4v) is 1.86. The van der Waals surface area contributed by atoms with Crippen molar-refractivity contribution in [3.8, 4) is 5.75 Å². The zero-order valence-electron chi connectivity index (χ0n) is 12.2. The summed E-state index contributed by atoms with van der Waals surface area (Å²) in [5.74, 6) is -0.579. The Hall–Kier alpha value is -1.78. The van der Waals surface area contributed by atoms with Gasteiger partial charge in [0.25, 0.3) is 0 Å². The summed E-state index contributed by atoms with van der Waals surface area (Å²) in [6.07, 6.45) is 2.52. The van der Waals surface area contributed by atoms with Crippen molar-refractivity contribution in [1.82, 2.24) is 0 Å². The summed E-state index contributed by atoms with van der Waals surface area (Å²) in [5.41, 5.74) is 0.539. The van der Waals surface area contributed by atoms with Gasteiger partial charge in [0.1, 0.15) is 6.04 Å². The molecule has 0 bridgehead atoms. The van der Waals surface area contributed by atoms with Crippen molar-refractivity contribution in [1.29, 1.82) is 0 Å². The summed E-state index contributed by atoms with van der Waals surface area (Å²) in [5, 5.41) is 3.00. The lowest BCUT2D eigenvalue weighted by atomic mass is 10.1. The van der Waals surface area contributed by atoms with E-state index in [9.17, 15) is 9.18 Å². The van der Waals surface area contributed by atoms with Crippen molar-refractivity contribution >= 4 is 11.7 Å². The summed E-state index contributed by atoms with van der Waals surface area (Å²) in [6, 6.07) is 4.11. The standard InChI is InChI=1S/C15H22FNO3/c1-4-6-7-13(15(18)19-3)17-11-8-9-14(20-5-2)12(16)10-11/h8-10,13,17H,4-7H2,1-3H3. The van der Waals surface area contributed by atoms with Gasteiger partial charge in [0.2, 0.25) is 0 Å². The maximum absolute atomic E-state index is 13.7. The molecule has 0 saturated heterocycles. The molecule has 1 rings (SSSR count). The van der Waals surface area contributed by atoms with Gasteiger partial charge < -0.3 is 14.8 Å². The van der Waals surface area contributed by atoms with Gasteiger partial charge in [-0.25, -0.2) is 9.18 Å². The van der Waals surface area contributed by atoms with Gasteiger partial charge in [-0.2, -0.15) is 0 Å². The topological polar surface area (TPSA) is 47.6 Å². The van der Waals surface area contributed by atoms with E-state index in [1.807, 2.05) is 6.92 Å². The van der Waals surface area contributed by atoms with E-state index in [4.69, 9.17) is 9.47 Å². The van der Waals surface area contributed by atoms with Crippen LogP contribution in [0.5, 0.6) is 5.75 Å². The van der Waals surface area contributed by atoms with Crippen LogP contribution in [0.2, 0.25) is 0 Å². The number of anilines is 1. The number of halogens is 1. The van der Waals surface area contributed by atoms with Gasteiger partial charge in [0.15, 0.2) is 11.6 Å². The smallest absolute Gasteiger partial charge is 0.328 e. The van der Waals surface area contributed by atoms with E-state index in [0.717, 1.165) is 12.8 Å². The molecule has 0 aromatic heterocycles. The highest BCUT2D eigenvalue weighted by atomic mass is 19.1. The van der Waals surface area contributed by atoms with Crippen LogP contribution in [0.4, 0.5) is 10.1 Å². The Labute approximate surface area is 119 Å². The Morgan fingerprint density at radius 1 is 1.40 bits per heavy atom. The Bertz CT molecular complexity index is 437. The lowest BCUT2D eigenvalue weighted by Crippen LogP contribution is -2.30. The maximum Gasteiger partial charge on any atom is 0.328 e. The minimum atomic E-state index is -0.461. The van der Waals surface area contributed by atoms with Crippen molar-refractivity contribution in [3.05, 3.63) is 24.0 Å². The number of unbranched alkanes of at least 4 members (excludes halogenated alkanes) is 1. The van der Waals surface area contributed by atoms with Gasteiger partial charge in [-0.1, -0.05) is 19.8 Å². The highest BCUT2D eigenvalue weighted by Crippen LogP contribution is 2.22. The molecular formula is C15H22FNO3. The van der Waals surface area contributed by atoms with E-state index >= 15 is 0 Å². The Morgan fingerprint density at radius 2 is 2.15 bits per heavy atom. The number of benzene rings is 1. The van der Waals surface area contributed by atoms with Gasteiger partial charge in [0.05, 0.1) is 13.7 Å². The Morgan fingerprint density at radius 3 is 2.70 bits per heavy atom. The Kier molecular flexibility index (Phi) is 6.84. The van der Waals surface area contributed by atoms with E-state index in [1.54, 1.807) is 19.1 Å². The van der Waals surface area contributed by atoms with Gasteiger partial charge in [-0.05, 0) is 25.5 Å². The van der Waals surface area contributed by atoms with Crippen LogP contribution in [0.25, 0.3) is 0 Å². The molecule has 1 unspecified atom stereocenters. The number of hydrogen-bond donors (Lipinski definition) is 1. The second-order valence-corrected chi connectivity index (χ2v) is 4.44. The minimum Gasteiger partial charge on any atom is -0.491 e. The predicted octanol–water partition coefficient (Wildman–Crippen LogP) is 3.37. The average molecular weight is 283 g/mol. The van der Waals surface area contributed by atoms with Crippen LogP contribution in [0, 0.1) is 5.82 Å². The average Bonchev–Trinajstić information content (AvgIpc) is 2.45. The molecule has 0 aliphatic heterocycles. The second kappa shape index (κ2) is 8.40. The molecule has 5 heteroatoms. The number of nitrogens with one attached hydrogen (secondary N) is 1. The highest BCUT2D eigenvalue weighted by molar-refractivity contribution is 5.79. The van der Waals surface area contributed by atoms with Crippen molar-refractivity contribution in [3.63, 3.8) is 0 Å². The number of rotatable bonds is 8. The fraction of sp³-hybridized carbons (Fsp3) is 0.533. The molecule has 20 heavy (non-hydrogen) atoms. The summed E-state index contributed by atoms with van der Waals surface area (Å²) in [4.78, 5) is 11.7. The molecule has 1 N–H and O–H groups in total. The van der Waals surface area contributed by atoms with Gasteiger partial charge >= 0.3 is 5.97 Å². The first-order valence-electron chi connectivity index (χ1n) is 6.89. The molecule has 0 radical (unpaired) electrons. The molecule has 0 heterocycles. The minimum absolute atomic E-state index is 0.209. The first-order valence-corrected chi connectivity index (χ1v) is 6.89. The first kappa shape index (κ1) is 16.3. The molecule has 112 valence electrons. The van der Waals surface area contributed by atoms with E-state index < -0.39 is 11.9 Å². The summed E-state index contributed by atoms with van der Waals surface area (Å²) >= 11 is 0. The van der Waals surface area contributed by atoms with Crippen molar-refractivity contribution in [2.24, 2.45) is 0 Å². The molecule has 0 fully saturated rings. The van der Waals surface area contributed by atoms with Gasteiger partial charge in [-0.3, -0.25) is 0 Å². The third-order valence-corrected chi connectivity index (χ3v) is 2.90. The molecule has 0 amide bonds. The van der Waals surface area contributed by atoms with E-state index in [-0.39, 0.29) is 11.7 Å². The lowest BCUT2D eigenvalue weighted by molar-refractivity contribution is -0.141. The van der Waals surface area contributed by atoms with Crippen LogP contribution in [-0.4, -0.2) is 25.7 Å². The molecule has 0 aliphatic rings. The van der Waals surface area contributed by atoms with Crippen LogP contribution in [0.1, 0.15) is 33.1 Å². The summed E-state index contributed by atoms with van der Waals surface area (Å²) in [7, 11) is 1.35. The first-order chi connectivity index (χ1) is 9.62. The number of carbonyl (C=O) groups is 1. The van der Waals surface area contributed by atoms with E-state index in [2.05, 4.69) is 5.32 Å². The number of esters is 1. The number of ether oxygens (including phenoxy) is 2. The molecule has 1 aromatic carbocycles.